The second-order valence-corrected chi connectivity index (χ2v) is 7.98. The third kappa shape index (κ3) is 4.08. The van der Waals surface area contributed by atoms with Gasteiger partial charge in [0, 0.05) is 25.1 Å². The minimum absolute atomic E-state index is 0.106. The molecule has 2 aliphatic rings. The lowest BCUT2D eigenvalue weighted by atomic mass is 10.0. The monoisotopic (exact) mass is 381 g/mol. The van der Waals surface area contributed by atoms with Crippen LogP contribution in [-0.2, 0) is 4.79 Å². The number of nitrogens with zero attached hydrogens (tertiary/aromatic N) is 3. The van der Waals surface area contributed by atoms with Gasteiger partial charge in [0.05, 0.1) is 12.0 Å². The summed E-state index contributed by atoms with van der Waals surface area (Å²) in [5, 5.41) is 10.3. The Kier molecular flexibility index (Phi) is 5.41. The van der Waals surface area contributed by atoms with E-state index in [1.807, 2.05) is 30.0 Å². The molecule has 0 spiro atoms. The first kappa shape index (κ1) is 18.7. The number of H-pyrrole nitrogens is 1. The van der Waals surface area contributed by atoms with Crippen LogP contribution in [0, 0.1) is 12.8 Å². The first-order valence-electron chi connectivity index (χ1n) is 10.1. The van der Waals surface area contributed by atoms with Crippen LogP contribution in [0.15, 0.2) is 30.3 Å². The zero-order valence-electron chi connectivity index (χ0n) is 16.2. The molecule has 0 unspecified atom stereocenters. The molecule has 2 fully saturated rings. The molecule has 4 rings (SSSR count). The Morgan fingerprint density at radius 2 is 1.93 bits per heavy atom. The average molecular weight is 381 g/mol. The smallest absolute Gasteiger partial charge is 0.251 e. The molecule has 2 amide bonds. The molecule has 1 aromatic heterocycles. The minimum atomic E-state index is -0.199. The lowest BCUT2D eigenvalue weighted by Crippen LogP contribution is -2.40. The van der Waals surface area contributed by atoms with Crippen LogP contribution in [0.2, 0.25) is 0 Å². The number of carbonyl (C=O) groups is 2. The van der Waals surface area contributed by atoms with Crippen molar-refractivity contribution in [2.75, 3.05) is 13.1 Å². The van der Waals surface area contributed by atoms with Crippen molar-refractivity contribution >= 4 is 11.8 Å². The van der Waals surface area contributed by atoms with E-state index in [9.17, 15) is 9.59 Å². The number of aromatic amines is 1. The van der Waals surface area contributed by atoms with Crippen LogP contribution in [0.3, 0.4) is 0 Å². The molecule has 7 nitrogen and oxygen atoms in total. The van der Waals surface area contributed by atoms with Crippen molar-refractivity contribution in [1.29, 1.82) is 0 Å². The summed E-state index contributed by atoms with van der Waals surface area (Å²) < 4.78 is 0. The molecular weight excluding hydrogens is 354 g/mol. The summed E-state index contributed by atoms with van der Waals surface area (Å²) in [4.78, 5) is 31.9. The number of hydrogen-bond acceptors (Lipinski definition) is 4. The van der Waals surface area contributed by atoms with E-state index in [1.165, 1.54) is 12.8 Å². The second-order valence-electron chi connectivity index (χ2n) is 7.98. The maximum absolute atomic E-state index is 12.8. The molecule has 1 aromatic carbocycles. The van der Waals surface area contributed by atoms with Crippen LogP contribution in [-0.4, -0.2) is 51.0 Å². The fraction of sp³-hybridized carbons (Fsp3) is 0.524. The Hall–Kier alpha value is -2.70. The van der Waals surface area contributed by atoms with Gasteiger partial charge in [-0.05, 0) is 37.8 Å². The molecule has 1 saturated carbocycles. The van der Waals surface area contributed by atoms with Gasteiger partial charge >= 0.3 is 0 Å². The number of aryl methyl sites for hydroxylation is 1. The third-order valence-electron chi connectivity index (χ3n) is 5.91. The summed E-state index contributed by atoms with van der Waals surface area (Å²) in [5.74, 6) is 1.85. The van der Waals surface area contributed by atoms with Crippen molar-refractivity contribution in [1.82, 2.24) is 25.4 Å². The van der Waals surface area contributed by atoms with Crippen LogP contribution in [0.5, 0.6) is 0 Å². The van der Waals surface area contributed by atoms with Gasteiger partial charge in [0.15, 0.2) is 5.82 Å². The molecule has 2 aromatic rings. The lowest BCUT2D eigenvalue weighted by Gasteiger charge is -2.19. The van der Waals surface area contributed by atoms with E-state index in [2.05, 4.69) is 20.5 Å². The fourth-order valence-electron chi connectivity index (χ4n) is 4.37. The molecule has 0 radical (unpaired) electrons. The van der Waals surface area contributed by atoms with Crippen LogP contribution >= 0.6 is 0 Å². The average Bonchev–Trinajstić information content (AvgIpc) is 3.44. The summed E-state index contributed by atoms with van der Waals surface area (Å²) in [6.45, 7) is 2.90. The molecule has 148 valence electrons. The zero-order valence-corrected chi connectivity index (χ0v) is 16.2. The number of likely N-dealkylation sites (tertiary alicyclic amines) is 1. The quantitative estimate of drug-likeness (QED) is 0.832. The molecule has 7 heteroatoms. The predicted octanol–water partition coefficient (Wildman–Crippen LogP) is 2.42. The molecule has 2 heterocycles. The van der Waals surface area contributed by atoms with E-state index < -0.39 is 0 Å². The van der Waals surface area contributed by atoms with Gasteiger partial charge in [-0.15, -0.1) is 0 Å². The largest absolute Gasteiger partial charge is 0.347 e. The Morgan fingerprint density at radius 1 is 1.18 bits per heavy atom. The first-order valence-corrected chi connectivity index (χ1v) is 10.1. The number of amides is 2. The number of benzene rings is 1. The summed E-state index contributed by atoms with van der Waals surface area (Å²) in [6, 6.07) is 8.96. The summed E-state index contributed by atoms with van der Waals surface area (Å²) in [7, 11) is 0. The topological polar surface area (TPSA) is 91.0 Å². The molecule has 1 saturated heterocycles. The first-order chi connectivity index (χ1) is 13.6. The van der Waals surface area contributed by atoms with E-state index in [0.717, 1.165) is 18.7 Å². The molecule has 0 bridgehead atoms. The van der Waals surface area contributed by atoms with Gasteiger partial charge in [-0.3, -0.25) is 14.7 Å². The Balaban J connectivity index is 1.48. The number of hydrogen-bond donors (Lipinski definition) is 2. The Morgan fingerprint density at radius 3 is 2.61 bits per heavy atom. The predicted molar refractivity (Wildman–Crippen MR) is 105 cm³/mol. The molecule has 2 atom stereocenters. The highest BCUT2D eigenvalue weighted by atomic mass is 16.2. The van der Waals surface area contributed by atoms with Crippen molar-refractivity contribution in [3.8, 4) is 0 Å². The number of rotatable bonds is 5. The van der Waals surface area contributed by atoms with Gasteiger partial charge in [0.25, 0.3) is 5.91 Å². The zero-order chi connectivity index (χ0) is 19.5. The van der Waals surface area contributed by atoms with E-state index in [-0.39, 0.29) is 23.8 Å². The van der Waals surface area contributed by atoms with Crippen LogP contribution in [0.1, 0.15) is 60.0 Å². The van der Waals surface area contributed by atoms with Crippen molar-refractivity contribution in [2.45, 2.75) is 51.0 Å². The van der Waals surface area contributed by atoms with E-state index >= 15 is 0 Å². The normalized spacial score (nSPS) is 22.5. The molecular formula is C21H27N5O2. The fourth-order valence-corrected chi connectivity index (χ4v) is 4.37. The number of carbonyl (C=O) groups excluding carboxylic acids is 2. The minimum Gasteiger partial charge on any atom is -0.347 e. The van der Waals surface area contributed by atoms with Crippen molar-refractivity contribution in [3.05, 3.63) is 47.5 Å². The number of aromatic nitrogens is 3. The van der Waals surface area contributed by atoms with Gasteiger partial charge in [-0.2, -0.15) is 5.10 Å². The van der Waals surface area contributed by atoms with Crippen LogP contribution in [0.25, 0.3) is 0 Å². The standard InChI is InChI=1S/C21H27N5O2/c1-14-22-20(25-24-14)17-12-26(19(27)11-15-7-5-6-8-15)13-18(17)23-21(28)16-9-3-2-4-10-16/h2-4,9-10,15,17-18H,5-8,11-13H2,1H3,(H,23,28)(H,22,24,25)/t17-,18-/m1/s1. The van der Waals surface area contributed by atoms with Gasteiger partial charge in [-0.25, -0.2) is 4.98 Å². The van der Waals surface area contributed by atoms with E-state index in [0.29, 0.717) is 36.8 Å². The van der Waals surface area contributed by atoms with Crippen LogP contribution in [0.4, 0.5) is 0 Å². The van der Waals surface area contributed by atoms with Gasteiger partial charge in [0.1, 0.15) is 5.82 Å². The van der Waals surface area contributed by atoms with Gasteiger partial charge < -0.3 is 10.2 Å². The molecule has 2 N–H and O–H groups in total. The molecule has 1 aliphatic heterocycles. The van der Waals surface area contributed by atoms with E-state index in [4.69, 9.17) is 0 Å². The van der Waals surface area contributed by atoms with Gasteiger partial charge in [0.2, 0.25) is 5.91 Å². The Bertz CT molecular complexity index is 828. The SMILES string of the molecule is Cc1nc([C@@H]2CN(C(=O)CC3CCCC3)C[C@H]2NC(=O)c2ccccc2)n[nH]1. The lowest BCUT2D eigenvalue weighted by molar-refractivity contribution is -0.131. The maximum atomic E-state index is 12.8. The molecule has 1 aliphatic carbocycles. The maximum Gasteiger partial charge on any atom is 0.251 e. The van der Waals surface area contributed by atoms with Crippen molar-refractivity contribution in [3.63, 3.8) is 0 Å². The third-order valence-corrected chi connectivity index (χ3v) is 5.91. The summed E-state index contributed by atoms with van der Waals surface area (Å²) in [6.07, 6.45) is 5.37. The summed E-state index contributed by atoms with van der Waals surface area (Å²) >= 11 is 0. The highest BCUT2D eigenvalue weighted by molar-refractivity contribution is 5.94. The van der Waals surface area contributed by atoms with Crippen molar-refractivity contribution < 1.29 is 9.59 Å². The second kappa shape index (κ2) is 8.12. The van der Waals surface area contributed by atoms with Crippen molar-refractivity contribution in [2.24, 2.45) is 5.92 Å². The summed E-state index contributed by atoms with van der Waals surface area (Å²) in [5.41, 5.74) is 0.614. The Labute approximate surface area is 164 Å². The highest BCUT2D eigenvalue weighted by Gasteiger charge is 2.39. The number of nitrogens with one attached hydrogen (secondary N) is 2. The van der Waals surface area contributed by atoms with Gasteiger partial charge in [-0.1, -0.05) is 31.0 Å². The molecule has 28 heavy (non-hydrogen) atoms. The van der Waals surface area contributed by atoms with E-state index in [1.54, 1.807) is 12.1 Å². The van der Waals surface area contributed by atoms with Crippen LogP contribution < -0.4 is 5.32 Å². The highest BCUT2D eigenvalue weighted by Crippen LogP contribution is 2.31.